The van der Waals surface area contributed by atoms with Crippen LogP contribution in [-0.2, 0) is 9.57 Å². The van der Waals surface area contributed by atoms with Crippen molar-refractivity contribution in [3.63, 3.8) is 0 Å². The molecule has 25 heavy (non-hydrogen) atoms. The second kappa shape index (κ2) is 7.36. The van der Waals surface area contributed by atoms with Crippen LogP contribution in [0.25, 0.3) is 0 Å². The zero-order chi connectivity index (χ0) is 17.4. The fourth-order valence-electron chi connectivity index (χ4n) is 4.67. The SMILES string of the molecule is CCC1NC(C2CCC3C(C2)OC[C@H]3NC(=O)N2CC[C@@H](O)C2)NO1. The Morgan fingerprint density at radius 2 is 2.24 bits per heavy atom. The second-order valence-corrected chi connectivity index (χ2v) is 7.83. The van der Waals surface area contributed by atoms with Gasteiger partial charge in [-0.2, -0.15) is 5.48 Å². The lowest BCUT2D eigenvalue weighted by molar-refractivity contribution is 0.00265. The van der Waals surface area contributed by atoms with Gasteiger partial charge in [-0.15, -0.1) is 0 Å². The van der Waals surface area contributed by atoms with Crippen molar-refractivity contribution in [2.45, 2.75) is 69.7 Å². The number of urea groups is 1. The number of rotatable bonds is 3. The van der Waals surface area contributed by atoms with E-state index in [1.807, 2.05) is 0 Å². The molecule has 0 aromatic heterocycles. The highest BCUT2D eigenvalue weighted by Gasteiger charge is 2.45. The van der Waals surface area contributed by atoms with Gasteiger partial charge in [0.1, 0.15) is 6.23 Å². The van der Waals surface area contributed by atoms with E-state index in [4.69, 9.17) is 9.57 Å². The maximum absolute atomic E-state index is 12.4. The zero-order valence-electron chi connectivity index (χ0n) is 14.8. The van der Waals surface area contributed by atoms with Gasteiger partial charge in [0.05, 0.1) is 31.0 Å². The first-order valence-corrected chi connectivity index (χ1v) is 9.66. The number of nitrogens with one attached hydrogen (secondary N) is 3. The summed E-state index contributed by atoms with van der Waals surface area (Å²) in [4.78, 5) is 19.6. The first-order chi connectivity index (χ1) is 12.1. The van der Waals surface area contributed by atoms with Crippen LogP contribution in [0.5, 0.6) is 0 Å². The van der Waals surface area contributed by atoms with Crippen molar-refractivity contribution in [3.8, 4) is 0 Å². The van der Waals surface area contributed by atoms with Gasteiger partial charge < -0.3 is 20.1 Å². The minimum Gasteiger partial charge on any atom is -0.391 e. The Kier molecular flexibility index (Phi) is 5.15. The molecule has 4 N–H and O–H groups in total. The molecule has 7 atom stereocenters. The van der Waals surface area contributed by atoms with Crippen molar-refractivity contribution in [3.05, 3.63) is 0 Å². The van der Waals surface area contributed by atoms with Crippen molar-refractivity contribution in [2.24, 2.45) is 11.8 Å². The predicted molar refractivity (Wildman–Crippen MR) is 90.3 cm³/mol. The van der Waals surface area contributed by atoms with Crippen molar-refractivity contribution in [2.75, 3.05) is 19.7 Å². The number of nitrogens with zero attached hydrogens (tertiary/aromatic N) is 1. The quantitative estimate of drug-likeness (QED) is 0.576. The molecule has 0 bridgehead atoms. The zero-order valence-corrected chi connectivity index (χ0v) is 14.8. The number of amides is 2. The predicted octanol–water partition coefficient (Wildman–Crippen LogP) is 0.133. The van der Waals surface area contributed by atoms with Crippen molar-refractivity contribution < 1.29 is 19.5 Å². The molecule has 0 radical (unpaired) electrons. The summed E-state index contributed by atoms with van der Waals surface area (Å²) in [7, 11) is 0. The molecular weight excluding hydrogens is 324 g/mol. The smallest absolute Gasteiger partial charge is 0.317 e. The maximum atomic E-state index is 12.4. The summed E-state index contributed by atoms with van der Waals surface area (Å²) in [5.74, 6) is 0.873. The number of ether oxygens (including phenoxy) is 1. The summed E-state index contributed by atoms with van der Waals surface area (Å²) in [6.45, 7) is 3.76. The molecule has 1 aliphatic carbocycles. The van der Waals surface area contributed by atoms with Crippen LogP contribution in [0.1, 0.15) is 39.0 Å². The molecule has 2 amide bonds. The Morgan fingerprint density at radius 1 is 1.36 bits per heavy atom. The number of hydrogen-bond acceptors (Lipinski definition) is 6. The molecule has 8 nitrogen and oxygen atoms in total. The molecule has 0 aromatic carbocycles. The van der Waals surface area contributed by atoms with Crippen LogP contribution in [0.2, 0.25) is 0 Å². The van der Waals surface area contributed by atoms with Gasteiger partial charge in [0, 0.05) is 19.0 Å². The van der Waals surface area contributed by atoms with Crippen molar-refractivity contribution >= 4 is 6.03 Å². The normalized spacial score (nSPS) is 44.1. The van der Waals surface area contributed by atoms with Crippen LogP contribution < -0.4 is 16.1 Å². The maximum Gasteiger partial charge on any atom is 0.317 e. The fraction of sp³-hybridized carbons (Fsp3) is 0.941. The summed E-state index contributed by atoms with van der Waals surface area (Å²) in [5, 5.41) is 16.2. The van der Waals surface area contributed by atoms with Gasteiger partial charge >= 0.3 is 6.03 Å². The summed E-state index contributed by atoms with van der Waals surface area (Å²) in [5.41, 5.74) is 3.13. The lowest BCUT2D eigenvalue weighted by Gasteiger charge is -2.35. The van der Waals surface area contributed by atoms with Gasteiger partial charge in [-0.3, -0.25) is 10.2 Å². The third kappa shape index (κ3) is 3.64. The lowest BCUT2D eigenvalue weighted by Crippen LogP contribution is -2.50. The summed E-state index contributed by atoms with van der Waals surface area (Å²) >= 11 is 0. The van der Waals surface area contributed by atoms with E-state index < -0.39 is 0 Å². The summed E-state index contributed by atoms with van der Waals surface area (Å²) < 4.78 is 6.02. The number of β-amino-alcohol motifs (C(OH)–C–C–N with tert-alkyl or cyclic N) is 1. The van der Waals surface area contributed by atoms with Crippen molar-refractivity contribution in [1.29, 1.82) is 0 Å². The highest BCUT2D eigenvalue weighted by atomic mass is 16.7. The number of likely N-dealkylation sites (tertiary alicyclic amines) is 1. The molecule has 142 valence electrons. The Bertz CT molecular complexity index is 493. The Labute approximate surface area is 148 Å². The minimum absolute atomic E-state index is 0.0637. The highest BCUT2D eigenvalue weighted by Crippen LogP contribution is 2.39. The molecule has 4 rings (SSSR count). The van der Waals surface area contributed by atoms with Gasteiger partial charge in [0.25, 0.3) is 0 Å². The van der Waals surface area contributed by atoms with E-state index in [0.717, 1.165) is 25.7 Å². The van der Waals surface area contributed by atoms with E-state index in [1.54, 1.807) is 4.90 Å². The average Bonchev–Trinajstić information content (AvgIpc) is 3.34. The first-order valence-electron chi connectivity index (χ1n) is 9.66. The number of aliphatic hydroxyl groups is 1. The van der Waals surface area contributed by atoms with E-state index in [1.165, 1.54) is 0 Å². The van der Waals surface area contributed by atoms with Gasteiger partial charge in [0.15, 0.2) is 0 Å². The molecular formula is C17H30N4O4. The van der Waals surface area contributed by atoms with Gasteiger partial charge in [-0.25, -0.2) is 4.79 Å². The minimum atomic E-state index is -0.380. The molecule has 1 saturated carbocycles. The third-order valence-corrected chi connectivity index (χ3v) is 6.19. The van der Waals surface area contributed by atoms with E-state index in [9.17, 15) is 9.90 Å². The van der Waals surface area contributed by atoms with Crippen LogP contribution in [0, 0.1) is 11.8 Å². The number of aliphatic hydroxyl groups excluding tert-OH is 1. The monoisotopic (exact) mass is 354 g/mol. The Balaban J connectivity index is 1.28. The van der Waals surface area contributed by atoms with E-state index in [-0.39, 0.29) is 36.7 Å². The van der Waals surface area contributed by atoms with Crippen LogP contribution in [0.15, 0.2) is 0 Å². The number of hydrogen-bond donors (Lipinski definition) is 4. The largest absolute Gasteiger partial charge is 0.391 e. The van der Waals surface area contributed by atoms with E-state index in [2.05, 4.69) is 23.0 Å². The Morgan fingerprint density at radius 3 is 2.96 bits per heavy atom. The third-order valence-electron chi connectivity index (χ3n) is 6.19. The summed E-state index contributed by atoms with van der Waals surface area (Å²) in [6, 6.07) is 0.0200. The molecule has 4 fully saturated rings. The molecule has 8 heteroatoms. The van der Waals surface area contributed by atoms with Gasteiger partial charge in [-0.05, 0) is 38.0 Å². The molecule has 3 heterocycles. The van der Waals surface area contributed by atoms with Gasteiger partial charge in [-0.1, -0.05) is 6.92 Å². The van der Waals surface area contributed by atoms with Crippen LogP contribution in [-0.4, -0.2) is 66.4 Å². The molecule has 0 spiro atoms. The average molecular weight is 354 g/mol. The van der Waals surface area contributed by atoms with Crippen molar-refractivity contribution in [1.82, 2.24) is 21.0 Å². The number of carbonyl (C=O) groups excluding carboxylic acids is 1. The molecule has 3 aliphatic heterocycles. The molecule has 3 saturated heterocycles. The van der Waals surface area contributed by atoms with E-state index >= 15 is 0 Å². The first kappa shape index (κ1) is 17.5. The molecule has 5 unspecified atom stereocenters. The molecule has 4 aliphatic rings. The standard InChI is InChI=1S/C17H30N4O4/c1-2-15-19-16(20-25-15)10-3-4-12-13(9-24-14(12)7-10)18-17(23)21-6-5-11(22)8-21/h10-16,19-20,22H,2-9H2,1H3,(H,18,23)/t10?,11-,12?,13-,14?,15?,16?/m1/s1. The number of fused-ring (bicyclic) bond motifs is 1. The van der Waals surface area contributed by atoms with Gasteiger partial charge in [0.2, 0.25) is 0 Å². The number of carbonyl (C=O) groups is 1. The fourth-order valence-corrected chi connectivity index (χ4v) is 4.67. The number of hydroxylamine groups is 1. The second-order valence-electron chi connectivity index (χ2n) is 7.83. The van der Waals surface area contributed by atoms with E-state index in [0.29, 0.717) is 38.0 Å². The highest BCUT2D eigenvalue weighted by molar-refractivity contribution is 5.75. The summed E-state index contributed by atoms with van der Waals surface area (Å²) in [6.07, 6.45) is 4.87. The van der Waals surface area contributed by atoms with Crippen LogP contribution in [0.4, 0.5) is 4.79 Å². The topological polar surface area (TPSA) is 95.1 Å². The Hall–Kier alpha value is -0.930. The van der Waals surface area contributed by atoms with Crippen LogP contribution >= 0.6 is 0 Å². The van der Waals surface area contributed by atoms with Crippen LogP contribution in [0.3, 0.4) is 0 Å². The lowest BCUT2D eigenvalue weighted by atomic mass is 9.77. The molecule has 0 aromatic rings.